The quantitative estimate of drug-likeness (QED) is 0.534. The second-order valence-electron chi connectivity index (χ2n) is 3.43. The van der Waals surface area contributed by atoms with Crippen molar-refractivity contribution in [2.24, 2.45) is 0 Å². The van der Waals surface area contributed by atoms with E-state index in [1.54, 1.807) is 7.11 Å². The molecule has 0 saturated carbocycles. The van der Waals surface area contributed by atoms with E-state index < -0.39 is 18.0 Å². The number of urea groups is 1. The first kappa shape index (κ1) is 14.7. The van der Waals surface area contributed by atoms with Gasteiger partial charge in [-0.25, -0.2) is 9.59 Å². The van der Waals surface area contributed by atoms with Gasteiger partial charge in [0.05, 0.1) is 0 Å². The lowest BCUT2D eigenvalue weighted by molar-refractivity contribution is -0.139. The molecule has 0 rings (SSSR count). The number of carboxylic acids is 1. The Balaban J connectivity index is 3.77. The van der Waals surface area contributed by atoms with E-state index in [2.05, 4.69) is 10.6 Å². The molecule has 0 aliphatic rings. The van der Waals surface area contributed by atoms with Crippen LogP contribution < -0.4 is 10.6 Å². The molecule has 94 valence electrons. The minimum absolute atomic E-state index is 0.431. The summed E-state index contributed by atoms with van der Waals surface area (Å²) in [6, 6.07) is -1.26. The summed E-state index contributed by atoms with van der Waals surface area (Å²) in [6.45, 7) is 2.91. The number of hydrogen-bond donors (Lipinski definition) is 3. The van der Waals surface area contributed by atoms with Crippen LogP contribution in [0.2, 0.25) is 0 Å². The zero-order valence-corrected chi connectivity index (χ0v) is 9.78. The number of aliphatic carboxylic acids is 1. The Labute approximate surface area is 95.4 Å². The largest absolute Gasteiger partial charge is 0.480 e. The molecule has 0 spiro atoms. The molecule has 0 heterocycles. The molecular weight excluding hydrogens is 212 g/mol. The van der Waals surface area contributed by atoms with Crippen molar-refractivity contribution in [3.8, 4) is 0 Å². The molecule has 0 radical (unpaired) electrons. The Morgan fingerprint density at radius 3 is 2.62 bits per heavy atom. The second kappa shape index (κ2) is 8.96. The highest BCUT2D eigenvalue weighted by Gasteiger charge is 2.17. The number of carbonyl (C=O) groups is 2. The highest BCUT2D eigenvalue weighted by molar-refractivity contribution is 5.82. The Morgan fingerprint density at radius 2 is 2.12 bits per heavy atom. The van der Waals surface area contributed by atoms with Gasteiger partial charge in [-0.15, -0.1) is 0 Å². The molecule has 0 aliphatic carbocycles. The monoisotopic (exact) mass is 232 g/mol. The van der Waals surface area contributed by atoms with Crippen LogP contribution >= 0.6 is 0 Å². The van der Waals surface area contributed by atoms with Crippen LogP contribution in [-0.2, 0) is 9.53 Å². The summed E-state index contributed by atoms with van der Waals surface area (Å²) < 4.78 is 4.82. The van der Waals surface area contributed by atoms with E-state index in [4.69, 9.17) is 9.84 Å². The van der Waals surface area contributed by atoms with Gasteiger partial charge in [0.15, 0.2) is 0 Å². The van der Waals surface area contributed by atoms with Crippen LogP contribution in [-0.4, -0.2) is 43.4 Å². The second-order valence-corrected chi connectivity index (χ2v) is 3.43. The summed E-state index contributed by atoms with van der Waals surface area (Å²) in [4.78, 5) is 22.0. The number of methoxy groups -OCH3 is 1. The highest BCUT2D eigenvalue weighted by Crippen LogP contribution is 1.96. The van der Waals surface area contributed by atoms with E-state index in [1.807, 2.05) is 6.92 Å². The molecular formula is C10H20N2O4. The Kier molecular flexibility index (Phi) is 8.24. The van der Waals surface area contributed by atoms with Gasteiger partial charge in [-0.1, -0.05) is 13.3 Å². The summed E-state index contributed by atoms with van der Waals surface area (Å²) in [5, 5.41) is 13.8. The number of nitrogens with one attached hydrogen (secondary N) is 2. The minimum atomic E-state index is -1.01. The number of hydrogen-bond acceptors (Lipinski definition) is 3. The van der Waals surface area contributed by atoms with Crippen molar-refractivity contribution in [2.45, 2.75) is 32.2 Å². The molecule has 3 N–H and O–H groups in total. The lowest BCUT2D eigenvalue weighted by atomic mass is 10.2. The van der Waals surface area contributed by atoms with E-state index in [0.29, 0.717) is 32.4 Å². The number of carboxylic acid groups (broad SMARTS) is 1. The van der Waals surface area contributed by atoms with Crippen LogP contribution in [0.15, 0.2) is 0 Å². The van der Waals surface area contributed by atoms with E-state index in [-0.39, 0.29) is 0 Å². The molecule has 6 heteroatoms. The summed E-state index contributed by atoms with van der Waals surface area (Å²) >= 11 is 0. The third-order valence-corrected chi connectivity index (χ3v) is 1.99. The predicted octanol–water partition coefficient (Wildman–Crippen LogP) is 0.575. The molecule has 0 aromatic heterocycles. The highest BCUT2D eigenvalue weighted by atomic mass is 16.5. The van der Waals surface area contributed by atoms with Gasteiger partial charge in [-0.2, -0.15) is 0 Å². The molecule has 0 aromatic rings. The summed E-state index contributed by atoms with van der Waals surface area (Å²) in [5.41, 5.74) is 0. The molecule has 0 aliphatic heterocycles. The van der Waals surface area contributed by atoms with Gasteiger partial charge in [-0.3, -0.25) is 0 Å². The molecule has 2 amide bonds. The minimum Gasteiger partial charge on any atom is -0.480 e. The maximum absolute atomic E-state index is 11.3. The van der Waals surface area contributed by atoms with Crippen molar-refractivity contribution in [1.29, 1.82) is 0 Å². The maximum atomic E-state index is 11.3. The molecule has 6 nitrogen and oxygen atoms in total. The molecule has 1 atom stereocenters. The van der Waals surface area contributed by atoms with Crippen LogP contribution in [0.5, 0.6) is 0 Å². The summed E-state index contributed by atoms with van der Waals surface area (Å²) in [7, 11) is 1.59. The van der Waals surface area contributed by atoms with E-state index in [1.165, 1.54) is 0 Å². The third-order valence-electron chi connectivity index (χ3n) is 1.99. The maximum Gasteiger partial charge on any atom is 0.326 e. The van der Waals surface area contributed by atoms with Crippen LogP contribution in [0, 0.1) is 0 Å². The van der Waals surface area contributed by atoms with Crippen LogP contribution in [0.3, 0.4) is 0 Å². The van der Waals surface area contributed by atoms with Crippen LogP contribution in [0.4, 0.5) is 4.79 Å². The van der Waals surface area contributed by atoms with E-state index in [0.717, 1.165) is 0 Å². The Bertz CT molecular complexity index is 221. The molecule has 0 saturated heterocycles. The van der Waals surface area contributed by atoms with Crippen LogP contribution in [0.1, 0.15) is 26.2 Å². The normalized spacial score (nSPS) is 11.9. The Morgan fingerprint density at radius 1 is 1.44 bits per heavy atom. The van der Waals surface area contributed by atoms with Crippen molar-refractivity contribution >= 4 is 12.0 Å². The van der Waals surface area contributed by atoms with E-state index >= 15 is 0 Å². The van der Waals surface area contributed by atoms with Gasteiger partial charge >= 0.3 is 12.0 Å². The topological polar surface area (TPSA) is 87.7 Å². The number of amides is 2. The summed E-state index contributed by atoms with van der Waals surface area (Å²) in [5.74, 6) is -1.01. The first-order valence-corrected chi connectivity index (χ1v) is 5.38. The fraction of sp³-hybridized carbons (Fsp3) is 0.800. The van der Waals surface area contributed by atoms with Crippen molar-refractivity contribution in [1.82, 2.24) is 10.6 Å². The molecule has 0 aromatic carbocycles. The fourth-order valence-corrected chi connectivity index (χ4v) is 1.17. The van der Waals surface area contributed by atoms with Crippen molar-refractivity contribution in [3.05, 3.63) is 0 Å². The third kappa shape index (κ3) is 7.05. The van der Waals surface area contributed by atoms with Gasteiger partial charge in [-0.05, 0) is 12.8 Å². The first-order valence-electron chi connectivity index (χ1n) is 5.38. The van der Waals surface area contributed by atoms with Gasteiger partial charge < -0.3 is 20.5 Å². The smallest absolute Gasteiger partial charge is 0.326 e. The lowest BCUT2D eigenvalue weighted by Crippen LogP contribution is -2.46. The zero-order chi connectivity index (χ0) is 12.4. The molecule has 0 bridgehead atoms. The average molecular weight is 232 g/mol. The Hall–Kier alpha value is -1.30. The number of carbonyl (C=O) groups excluding carboxylic acids is 1. The zero-order valence-electron chi connectivity index (χ0n) is 9.78. The van der Waals surface area contributed by atoms with Gasteiger partial charge in [0.1, 0.15) is 6.04 Å². The van der Waals surface area contributed by atoms with Gasteiger partial charge in [0.2, 0.25) is 0 Å². The average Bonchev–Trinajstić information content (AvgIpc) is 2.23. The fourth-order valence-electron chi connectivity index (χ4n) is 1.17. The van der Waals surface area contributed by atoms with Crippen LogP contribution in [0.25, 0.3) is 0 Å². The van der Waals surface area contributed by atoms with E-state index in [9.17, 15) is 9.59 Å². The molecule has 16 heavy (non-hydrogen) atoms. The SMILES string of the molecule is CCC[C@H](NC(=O)NCCCOC)C(=O)O. The predicted molar refractivity (Wildman–Crippen MR) is 59.4 cm³/mol. The van der Waals surface area contributed by atoms with Gasteiger partial charge in [0, 0.05) is 20.3 Å². The van der Waals surface area contributed by atoms with Crippen molar-refractivity contribution in [2.75, 3.05) is 20.3 Å². The molecule has 0 unspecified atom stereocenters. The number of rotatable bonds is 8. The first-order chi connectivity index (χ1) is 7.61. The summed E-state index contributed by atoms with van der Waals surface area (Å²) in [6.07, 6.45) is 1.84. The van der Waals surface area contributed by atoms with Crippen molar-refractivity contribution < 1.29 is 19.4 Å². The number of ether oxygens (including phenoxy) is 1. The standard InChI is InChI=1S/C10H20N2O4/c1-3-5-8(9(13)14)12-10(15)11-6-4-7-16-2/h8H,3-7H2,1-2H3,(H,13,14)(H2,11,12,15)/t8-/m0/s1. The van der Waals surface area contributed by atoms with Gasteiger partial charge in [0.25, 0.3) is 0 Å². The molecule has 0 fully saturated rings. The lowest BCUT2D eigenvalue weighted by Gasteiger charge is -2.14. The van der Waals surface area contributed by atoms with Crippen molar-refractivity contribution in [3.63, 3.8) is 0 Å².